The first-order chi connectivity index (χ1) is 8.20. The summed E-state index contributed by atoms with van der Waals surface area (Å²) in [5, 5.41) is 4.47. The van der Waals surface area contributed by atoms with E-state index < -0.39 is 0 Å². The highest BCUT2D eigenvalue weighted by Crippen LogP contribution is 2.42. The first-order valence-corrected chi connectivity index (χ1v) is 6.77. The van der Waals surface area contributed by atoms with Crippen LogP contribution < -0.4 is 5.32 Å². The molecular weight excluding hydrogens is 276 g/mol. The van der Waals surface area contributed by atoms with Crippen molar-refractivity contribution < 1.29 is 0 Å². The van der Waals surface area contributed by atoms with Crippen molar-refractivity contribution >= 4 is 32.5 Å². The third-order valence-corrected chi connectivity index (χ3v) is 4.40. The van der Waals surface area contributed by atoms with E-state index in [4.69, 9.17) is 4.98 Å². The molecular formula is C14H15BrN2. The van der Waals surface area contributed by atoms with Gasteiger partial charge in [0.1, 0.15) is 0 Å². The number of hydrogen-bond acceptors (Lipinski definition) is 2. The number of nitrogens with one attached hydrogen (secondary N) is 1. The van der Waals surface area contributed by atoms with E-state index in [1.165, 1.54) is 35.2 Å². The molecule has 1 aromatic carbocycles. The molecule has 0 bridgehead atoms. The standard InChI is InChI=1S/C14H15BrN2/c1-8-3-6-10-12(16-2)7-11(9-4-5-9)17-14(10)13(8)15/h3,6-7,9H,4-5H2,1-2H3,(H,16,17). The zero-order chi connectivity index (χ0) is 12.0. The third kappa shape index (κ3) is 1.82. The van der Waals surface area contributed by atoms with Crippen molar-refractivity contribution in [3.8, 4) is 0 Å². The van der Waals surface area contributed by atoms with E-state index in [0.29, 0.717) is 5.92 Å². The Hall–Kier alpha value is -1.09. The largest absolute Gasteiger partial charge is 0.388 e. The molecule has 0 atom stereocenters. The Morgan fingerprint density at radius 1 is 1.35 bits per heavy atom. The van der Waals surface area contributed by atoms with Crippen molar-refractivity contribution in [1.82, 2.24) is 4.98 Å². The Balaban J connectivity index is 2.32. The molecule has 0 spiro atoms. The van der Waals surface area contributed by atoms with Gasteiger partial charge in [-0.15, -0.1) is 0 Å². The van der Waals surface area contributed by atoms with Gasteiger partial charge in [0.2, 0.25) is 0 Å². The van der Waals surface area contributed by atoms with E-state index >= 15 is 0 Å². The van der Waals surface area contributed by atoms with E-state index in [-0.39, 0.29) is 0 Å². The highest BCUT2D eigenvalue weighted by molar-refractivity contribution is 9.10. The van der Waals surface area contributed by atoms with Crippen molar-refractivity contribution in [2.45, 2.75) is 25.7 Å². The molecule has 0 saturated heterocycles. The average Bonchev–Trinajstić information content (AvgIpc) is 3.17. The number of aryl methyl sites for hydroxylation is 1. The van der Waals surface area contributed by atoms with E-state index in [9.17, 15) is 0 Å². The molecule has 0 amide bonds. The van der Waals surface area contributed by atoms with Gasteiger partial charge in [0.05, 0.1) is 5.52 Å². The molecule has 17 heavy (non-hydrogen) atoms. The van der Waals surface area contributed by atoms with Gasteiger partial charge in [0.15, 0.2) is 0 Å². The molecule has 0 radical (unpaired) electrons. The molecule has 1 saturated carbocycles. The lowest BCUT2D eigenvalue weighted by Crippen LogP contribution is -1.96. The number of pyridine rings is 1. The highest BCUT2D eigenvalue weighted by Gasteiger charge is 2.26. The monoisotopic (exact) mass is 290 g/mol. The average molecular weight is 291 g/mol. The van der Waals surface area contributed by atoms with Crippen LogP contribution in [0, 0.1) is 6.92 Å². The molecule has 2 aromatic rings. The van der Waals surface area contributed by atoms with E-state index in [2.05, 4.69) is 46.4 Å². The van der Waals surface area contributed by atoms with Gasteiger partial charge in [0.25, 0.3) is 0 Å². The van der Waals surface area contributed by atoms with Crippen LogP contribution >= 0.6 is 15.9 Å². The van der Waals surface area contributed by atoms with Crippen LogP contribution in [0.15, 0.2) is 22.7 Å². The van der Waals surface area contributed by atoms with Crippen LogP contribution in [0.3, 0.4) is 0 Å². The number of benzene rings is 1. The Morgan fingerprint density at radius 2 is 2.12 bits per heavy atom. The van der Waals surface area contributed by atoms with Gasteiger partial charge >= 0.3 is 0 Å². The fourth-order valence-electron chi connectivity index (χ4n) is 2.17. The number of hydrogen-bond donors (Lipinski definition) is 1. The predicted octanol–water partition coefficient (Wildman–Crippen LogP) is 4.22. The summed E-state index contributed by atoms with van der Waals surface area (Å²) in [6, 6.07) is 6.47. The summed E-state index contributed by atoms with van der Waals surface area (Å²) in [5.74, 6) is 0.680. The summed E-state index contributed by atoms with van der Waals surface area (Å²) in [6.07, 6.45) is 2.57. The van der Waals surface area contributed by atoms with Gasteiger partial charge in [-0.3, -0.25) is 4.98 Å². The molecule has 0 aliphatic heterocycles. The molecule has 1 fully saturated rings. The minimum atomic E-state index is 0.680. The summed E-state index contributed by atoms with van der Waals surface area (Å²) < 4.78 is 1.12. The molecule has 1 aromatic heterocycles. The highest BCUT2D eigenvalue weighted by atomic mass is 79.9. The maximum atomic E-state index is 4.82. The van der Waals surface area contributed by atoms with E-state index in [1.54, 1.807) is 0 Å². The van der Waals surface area contributed by atoms with Crippen LogP contribution in [0.4, 0.5) is 5.69 Å². The molecule has 1 aliphatic rings. The normalized spacial score (nSPS) is 15.2. The quantitative estimate of drug-likeness (QED) is 0.896. The lowest BCUT2D eigenvalue weighted by Gasteiger charge is -2.11. The van der Waals surface area contributed by atoms with Gasteiger partial charge in [-0.1, -0.05) is 12.1 Å². The molecule has 3 heteroatoms. The number of rotatable bonds is 2. The minimum absolute atomic E-state index is 0.680. The number of halogens is 1. The van der Waals surface area contributed by atoms with E-state index in [0.717, 1.165) is 9.99 Å². The molecule has 2 nitrogen and oxygen atoms in total. The van der Waals surface area contributed by atoms with Gasteiger partial charge in [-0.2, -0.15) is 0 Å². The number of fused-ring (bicyclic) bond motifs is 1. The van der Waals surface area contributed by atoms with Gasteiger partial charge < -0.3 is 5.32 Å². The van der Waals surface area contributed by atoms with Crippen molar-refractivity contribution in [2.75, 3.05) is 12.4 Å². The summed E-state index contributed by atoms with van der Waals surface area (Å²) in [7, 11) is 1.97. The maximum Gasteiger partial charge on any atom is 0.0870 e. The molecule has 1 heterocycles. The lowest BCUT2D eigenvalue weighted by molar-refractivity contribution is 1.04. The fourth-order valence-corrected chi connectivity index (χ4v) is 2.61. The molecule has 88 valence electrons. The molecule has 3 rings (SSSR count). The van der Waals surface area contributed by atoms with Gasteiger partial charge in [-0.25, -0.2) is 0 Å². The first-order valence-electron chi connectivity index (χ1n) is 5.98. The predicted molar refractivity (Wildman–Crippen MR) is 75.7 cm³/mol. The SMILES string of the molecule is CNc1cc(C2CC2)nc2c(Br)c(C)ccc12. The topological polar surface area (TPSA) is 24.9 Å². The van der Waals surface area contributed by atoms with Crippen LogP contribution in [0.5, 0.6) is 0 Å². The van der Waals surface area contributed by atoms with Crippen molar-refractivity contribution in [1.29, 1.82) is 0 Å². The summed E-state index contributed by atoms with van der Waals surface area (Å²) in [6.45, 7) is 2.11. The van der Waals surface area contributed by atoms with Crippen molar-refractivity contribution in [3.63, 3.8) is 0 Å². The molecule has 1 aliphatic carbocycles. The Labute approximate surface area is 110 Å². The number of anilines is 1. The summed E-state index contributed by atoms with van der Waals surface area (Å²) in [5.41, 5.74) is 4.73. The Bertz CT molecular complexity index is 588. The van der Waals surface area contributed by atoms with Crippen LogP contribution in [-0.2, 0) is 0 Å². The number of nitrogens with zero attached hydrogens (tertiary/aromatic N) is 1. The Kier molecular flexibility index (Phi) is 2.58. The molecule has 1 N–H and O–H groups in total. The second-order valence-corrected chi connectivity index (χ2v) is 5.50. The van der Waals surface area contributed by atoms with Crippen molar-refractivity contribution in [2.24, 2.45) is 0 Å². The van der Waals surface area contributed by atoms with Gasteiger partial charge in [-0.05, 0) is 47.3 Å². The van der Waals surface area contributed by atoms with Crippen LogP contribution in [0.2, 0.25) is 0 Å². The summed E-state index contributed by atoms with van der Waals surface area (Å²) in [4.78, 5) is 4.82. The minimum Gasteiger partial charge on any atom is -0.388 e. The lowest BCUT2D eigenvalue weighted by atomic mass is 10.1. The zero-order valence-electron chi connectivity index (χ0n) is 10.0. The van der Waals surface area contributed by atoms with E-state index in [1.807, 2.05) is 7.05 Å². The third-order valence-electron chi connectivity index (χ3n) is 3.40. The molecule has 0 unspecified atom stereocenters. The number of aromatic nitrogens is 1. The summed E-state index contributed by atoms with van der Waals surface area (Å²) >= 11 is 3.66. The zero-order valence-corrected chi connectivity index (χ0v) is 11.6. The van der Waals surface area contributed by atoms with Crippen LogP contribution in [0.25, 0.3) is 10.9 Å². The second kappa shape index (κ2) is 3.98. The van der Waals surface area contributed by atoms with Crippen molar-refractivity contribution in [3.05, 3.63) is 33.9 Å². The van der Waals surface area contributed by atoms with Crippen LogP contribution in [0.1, 0.15) is 30.0 Å². The Morgan fingerprint density at radius 3 is 2.76 bits per heavy atom. The second-order valence-electron chi connectivity index (χ2n) is 4.71. The first kappa shape index (κ1) is 11.0. The van der Waals surface area contributed by atoms with Crippen LogP contribution in [-0.4, -0.2) is 12.0 Å². The smallest absolute Gasteiger partial charge is 0.0870 e. The fraction of sp³-hybridized carbons (Fsp3) is 0.357. The maximum absolute atomic E-state index is 4.82. The van der Waals surface area contributed by atoms with Gasteiger partial charge in [0, 0.05) is 34.2 Å².